The minimum atomic E-state index is 0.472. The van der Waals surface area contributed by atoms with Gasteiger partial charge < -0.3 is 9.47 Å². The molecule has 1 saturated heterocycles. The number of hydrogen-bond donors (Lipinski definition) is 0. The van der Waals surface area contributed by atoms with Gasteiger partial charge in [0, 0.05) is 30.1 Å². The van der Waals surface area contributed by atoms with Gasteiger partial charge in [-0.25, -0.2) is 0 Å². The minimum Gasteiger partial charge on any atom is -0.489 e. The molecule has 2 aliphatic heterocycles. The van der Waals surface area contributed by atoms with E-state index < -0.39 is 0 Å². The zero-order chi connectivity index (χ0) is 20.5. The molecule has 0 radical (unpaired) electrons. The largest absolute Gasteiger partial charge is 0.489 e. The molecule has 0 aliphatic carbocycles. The SMILES string of the molecule is CCCn1nc2ccc(COc3ccc4c(c3)OCC(CN3CCC3)=C4)cc2c1Cl. The molecule has 3 aromatic rings. The Morgan fingerprint density at radius 1 is 1.17 bits per heavy atom. The van der Waals surface area contributed by atoms with Crippen LogP contribution in [0.2, 0.25) is 5.15 Å². The van der Waals surface area contributed by atoms with Crippen LogP contribution in [0.15, 0.2) is 42.0 Å². The first-order valence-corrected chi connectivity index (χ1v) is 11.0. The fraction of sp³-hybridized carbons (Fsp3) is 0.375. The van der Waals surface area contributed by atoms with E-state index in [2.05, 4.69) is 35.1 Å². The number of halogens is 1. The molecule has 1 fully saturated rings. The van der Waals surface area contributed by atoms with Gasteiger partial charge in [0.1, 0.15) is 29.9 Å². The second-order valence-corrected chi connectivity index (χ2v) is 8.43. The Labute approximate surface area is 181 Å². The van der Waals surface area contributed by atoms with Gasteiger partial charge in [0.15, 0.2) is 0 Å². The second kappa shape index (κ2) is 8.32. The Morgan fingerprint density at radius 3 is 2.87 bits per heavy atom. The number of ether oxygens (including phenoxy) is 2. The summed E-state index contributed by atoms with van der Waals surface area (Å²) < 4.78 is 13.9. The van der Waals surface area contributed by atoms with Crippen molar-refractivity contribution in [2.75, 3.05) is 26.2 Å². The van der Waals surface area contributed by atoms with Crippen LogP contribution in [-0.2, 0) is 13.2 Å². The Balaban J connectivity index is 1.27. The van der Waals surface area contributed by atoms with E-state index in [4.69, 9.17) is 21.1 Å². The van der Waals surface area contributed by atoms with Crippen molar-refractivity contribution in [2.45, 2.75) is 32.9 Å². The van der Waals surface area contributed by atoms with Crippen molar-refractivity contribution in [3.05, 3.63) is 58.3 Å². The average molecular weight is 424 g/mol. The lowest BCUT2D eigenvalue weighted by Gasteiger charge is -2.32. The Kier molecular flexibility index (Phi) is 5.40. The topological polar surface area (TPSA) is 39.5 Å². The van der Waals surface area contributed by atoms with E-state index in [0.717, 1.165) is 53.0 Å². The Hall–Kier alpha value is -2.50. The molecule has 3 heterocycles. The van der Waals surface area contributed by atoms with Crippen molar-refractivity contribution in [1.82, 2.24) is 14.7 Å². The lowest BCUT2D eigenvalue weighted by atomic mass is 10.1. The smallest absolute Gasteiger partial charge is 0.134 e. The number of rotatable bonds is 7. The first kappa shape index (κ1) is 19.5. The van der Waals surface area contributed by atoms with Gasteiger partial charge in [0.25, 0.3) is 0 Å². The highest BCUT2D eigenvalue weighted by molar-refractivity contribution is 6.34. The molecule has 0 atom stereocenters. The molecule has 2 aromatic carbocycles. The molecule has 5 rings (SSSR count). The van der Waals surface area contributed by atoms with Crippen LogP contribution < -0.4 is 9.47 Å². The van der Waals surface area contributed by atoms with E-state index in [9.17, 15) is 0 Å². The molecular formula is C24H26ClN3O2. The number of hydrogen-bond acceptors (Lipinski definition) is 4. The fourth-order valence-electron chi connectivity index (χ4n) is 3.96. The third-order valence-corrected chi connectivity index (χ3v) is 6.11. The van der Waals surface area contributed by atoms with Gasteiger partial charge in [-0.3, -0.25) is 9.58 Å². The third kappa shape index (κ3) is 3.92. The number of aromatic nitrogens is 2. The van der Waals surface area contributed by atoms with Gasteiger partial charge in [0.2, 0.25) is 0 Å². The first-order valence-electron chi connectivity index (χ1n) is 10.7. The molecule has 0 bridgehead atoms. The molecule has 0 N–H and O–H groups in total. The van der Waals surface area contributed by atoms with Crippen LogP contribution in [0.5, 0.6) is 11.5 Å². The van der Waals surface area contributed by atoms with E-state index in [1.165, 1.54) is 25.1 Å². The van der Waals surface area contributed by atoms with Crippen LogP contribution in [0.1, 0.15) is 30.9 Å². The van der Waals surface area contributed by atoms with Crippen LogP contribution in [0.3, 0.4) is 0 Å². The second-order valence-electron chi connectivity index (χ2n) is 8.07. The van der Waals surface area contributed by atoms with E-state index in [-0.39, 0.29) is 0 Å². The fourth-order valence-corrected chi connectivity index (χ4v) is 4.24. The normalized spacial score (nSPS) is 16.0. The lowest BCUT2D eigenvalue weighted by molar-refractivity contribution is 0.190. The van der Waals surface area contributed by atoms with Crippen molar-refractivity contribution in [3.63, 3.8) is 0 Å². The lowest BCUT2D eigenvalue weighted by Crippen LogP contribution is -2.39. The number of nitrogens with zero attached hydrogens (tertiary/aromatic N) is 3. The maximum absolute atomic E-state index is 6.50. The van der Waals surface area contributed by atoms with E-state index in [1.807, 2.05) is 28.9 Å². The number of aryl methyl sites for hydroxylation is 1. The summed E-state index contributed by atoms with van der Waals surface area (Å²) in [5.74, 6) is 1.69. The predicted octanol–water partition coefficient (Wildman–Crippen LogP) is 5.16. The van der Waals surface area contributed by atoms with Crippen LogP contribution >= 0.6 is 11.6 Å². The molecule has 0 unspecified atom stereocenters. The minimum absolute atomic E-state index is 0.472. The molecular weight excluding hydrogens is 398 g/mol. The summed E-state index contributed by atoms with van der Waals surface area (Å²) in [5.41, 5.74) is 4.45. The van der Waals surface area contributed by atoms with Gasteiger partial charge in [-0.2, -0.15) is 5.10 Å². The maximum atomic E-state index is 6.50. The van der Waals surface area contributed by atoms with Crippen molar-refractivity contribution in [3.8, 4) is 11.5 Å². The van der Waals surface area contributed by atoms with Crippen molar-refractivity contribution < 1.29 is 9.47 Å². The van der Waals surface area contributed by atoms with Crippen molar-refractivity contribution >= 4 is 28.6 Å². The quantitative estimate of drug-likeness (QED) is 0.526. The Morgan fingerprint density at radius 2 is 2.07 bits per heavy atom. The Bertz CT molecular complexity index is 1100. The summed E-state index contributed by atoms with van der Waals surface area (Å²) in [6.45, 7) is 7.48. The monoisotopic (exact) mass is 423 g/mol. The molecule has 1 aromatic heterocycles. The van der Waals surface area contributed by atoms with Crippen LogP contribution in [0.4, 0.5) is 0 Å². The van der Waals surface area contributed by atoms with Gasteiger partial charge in [-0.1, -0.05) is 24.6 Å². The van der Waals surface area contributed by atoms with Crippen LogP contribution in [0.25, 0.3) is 17.0 Å². The third-order valence-electron chi connectivity index (χ3n) is 5.71. The molecule has 156 valence electrons. The average Bonchev–Trinajstić information content (AvgIpc) is 3.04. The van der Waals surface area contributed by atoms with Crippen LogP contribution in [0, 0.1) is 0 Å². The summed E-state index contributed by atoms with van der Waals surface area (Å²) in [6.07, 6.45) is 4.56. The van der Waals surface area contributed by atoms with Crippen molar-refractivity contribution in [2.24, 2.45) is 0 Å². The number of fused-ring (bicyclic) bond motifs is 2. The van der Waals surface area contributed by atoms with Gasteiger partial charge >= 0.3 is 0 Å². The zero-order valence-corrected chi connectivity index (χ0v) is 18.0. The first-order chi connectivity index (χ1) is 14.7. The van der Waals surface area contributed by atoms with Crippen molar-refractivity contribution in [1.29, 1.82) is 0 Å². The summed E-state index contributed by atoms with van der Waals surface area (Å²) in [6, 6.07) is 12.2. The highest BCUT2D eigenvalue weighted by atomic mass is 35.5. The molecule has 0 spiro atoms. The summed E-state index contributed by atoms with van der Waals surface area (Å²) in [7, 11) is 0. The standard InChI is InChI=1S/C24H26ClN3O2/c1-2-8-28-24(25)21-12-17(4-7-22(21)26-28)15-29-20-6-5-19-11-18(14-27-9-3-10-27)16-30-23(19)13-20/h4-7,11-13H,2-3,8-10,14-16H2,1H3. The zero-order valence-electron chi connectivity index (χ0n) is 17.2. The maximum Gasteiger partial charge on any atom is 0.134 e. The molecule has 0 amide bonds. The van der Waals surface area contributed by atoms with Gasteiger partial charge in [-0.05, 0) is 67.4 Å². The van der Waals surface area contributed by atoms with E-state index in [1.54, 1.807) is 0 Å². The van der Waals surface area contributed by atoms with E-state index in [0.29, 0.717) is 18.4 Å². The molecule has 2 aliphatic rings. The molecule has 6 heteroatoms. The highest BCUT2D eigenvalue weighted by Crippen LogP contribution is 2.32. The summed E-state index contributed by atoms with van der Waals surface area (Å²) in [4.78, 5) is 2.45. The summed E-state index contributed by atoms with van der Waals surface area (Å²) in [5, 5.41) is 6.22. The van der Waals surface area contributed by atoms with Gasteiger partial charge in [-0.15, -0.1) is 0 Å². The van der Waals surface area contributed by atoms with Gasteiger partial charge in [0.05, 0.1) is 5.52 Å². The van der Waals surface area contributed by atoms with E-state index >= 15 is 0 Å². The summed E-state index contributed by atoms with van der Waals surface area (Å²) >= 11 is 6.50. The van der Waals surface area contributed by atoms with Crippen LogP contribution in [-0.4, -0.2) is 40.9 Å². The number of likely N-dealkylation sites (tertiary alicyclic amines) is 1. The molecule has 5 nitrogen and oxygen atoms in total. The molecule has 0 saturated carbocycles. The molecule has 30 heavy (non-hydrogen) atoms. The number of benzene rings is 2. The predicted molar refractivity (Wildman–Crippen MR) is 120 cm³/mol. The highest BCUT2D eigenvalue weighted by Gasteiger charge is 2.19.